The summed E-state index contributed by atoms with van der Waals surface area (Å²) >= 11 is 0. The Balaban J connectivity index is 2.19. The van der Waals surface area contributed by atoms with Crippen LogP contribution in [-0.2, 0) is 9.53 Å². The maximum atomic E-state index is 11.5. The summed E-state index contributed by atoms with van der Waals surface area (Å²) in [6, 6.07) is 10.0. The van der Waals surface area contributed by atoms with Gasteiger partial charge in [-0.05, 0) is 11.5 Å². The zero-order valence-corrected chi connectivity index (χ0v) is 8.72. The third-order valence-corrected chi connectivity index (χ3v) is 3.01. The van der Waals surface area contributed by atoms with Gasteiger partial charge in [0.1, 0.15) is 0 Å². The Kier molecular flexibility index (Phi) is 2.58. The fourth-order valence-corrected chi connectivity index (χ4v) is 2.17. The molecule has 15 heavy (non-hydrogen) atoms. The average molecular weight is 202 g/mol. The molecule has 78 valence electrons. The van der Waals surface area contributed by atoms with Crippen molar-refractivity contribution in [1.82, 2.24) is 0 Å². The third-order valence-electron chi connectivity index (χ3n) is 3.01. The van der Waals surface area contributed by atoms with Crippen molar-refractivity contribution in [1.29, 1.82) is 0 Å². The first kappa shape index (κ1) is 9.97. The highest BCUT2D eigenvalue weighted by Gasteiger charge is 2.54. The molecule has 0 spiro atoms. The molecule has 3 unspecified atom stereocenters. The van der Waals surface area contributed by atoms with Crippen molar-refractivity contribution in [2.45, 2.75) is 5.92 Å². The van der Waals surface area contributed by atoms with Crippen molar-refractivity contribution in [2.24, 2.45) is 11.8 Å². The van der Waals surface area contributed by atoms with Gasteiger partial charge in [0.2, 0.25) is 0 Å². The second-order valence-electron chi connectivity index (χ2n) is 3.80. The molecule has 1 fully saturated rings. The summed E-state index contributed by atoms with van der Waals surface area (Å²) in [5.41, 5.74) is 1.19. The van der Waals surface area contributed by atoms with Crippen molar-refractivity contribution in [3.63, 3.8) is 0 Å². The first-order chi connectivity index (χ1) is 7.29. The van der Waals surface area contributed by atoms with Crippen LogP contribution in [0.1, 0.15) is 11.5 Å². The van der Waals surface area contributed by atoms with Crippen LogP contribution in [0.5, 0.6) is 0 Å². The molecule has 3 atom stereocenters. The summed E-state index contributed by atoms with van der Waals surface area (Å²) in [6.07, 6.45) is 1.85. The second kappa shape index (κ2) is 3.89. The number of benzene rings is 1. The number of rotatable bonds is 3. The van der Waals surface area contributed by atoms with Crippen LogP contribution in [0.25, 0.3) is 0 Å². The van der Waals surface area contributed by atoms with Crippen molar-refractivity contribution >= 4 is 5.97 Å². The first-order valence-electron chi connectivity index (χ1n) is 5.05. The summed E-state index contributed by atoms with van der Waals surface area (Å²) in [4.78, 5) is 11.5. The lowest BCUT2D eigenvalue weighted by Gasteiger charge is -1.98. The van der Waals surface area contributed by atoms with Crippen LogP contribution < -0.4 is 0 Å². The lowest BCUT2D eigenvalue weighted by atomic mass is 10.1. The Hall–Kier alpha value is -1.57. The quantitative estimate of drug-likeness (QED) is 0.555. The molecule has 0 radical (unpaired) electrons. The summed E-state index contributed by atoms with van der Waals surface area (Å²) < 4.78 is 4.77. The molecule has 1 aromatic carbocycles. The van der Waals surface area contributed by atoms with Crippen LogP contribution in [0.3, 0.4) is 0 Å². The summed E-state index contributed by atoms with van der Waals surface area (Å²) in [7, 11) is 1.43. The predicted molar refractivity (Wildman–Crippen MR) is 58.4 cm³/mol. The van der Waals surface area contributed by atoms with E-state index in [-0.39, 0.29) is 23.7 Å². The van der Waals surface area contributed by atoms with Gasteiger partial charge in [0, 0.05) is 5.92 Å². The molecule has 0 N–H and O–H groups in total. The topological polar surface area (TPSA) is 26.3 Å². The van der Waals surface area contributed by atoms with Crippen LogP contribution >= 0.6 is 0 Å². The van der Waals surface area contributed by atoms with Crippen molar-refractivity contribution in [2.75, 3.05) is 7.11 Å². The number of methoxy groups -OCH3 is 1. The Morgan fingerprint density at radius 2 is 2.07 bits per heavy atom. The zero-order chi connectivity index (χ0) is 10.8. The molecule has 1 saturated carbocycles. The monoisotopic (exact) mass is 202 g/mol. The summed E-state index contributed by atoms with van der Waals surface area (Å²) in [5.74, 6) is 0.333. The van der Waals surface area contributed by atoms with E-state index in [1.54, 1.807) is 0 Å². The van der Waals surface area contributed by atoms with E-state index < -0.39 is 0 Å². The molecule has 1 aliphatic carbocycles. The standard InChI is InChI=1S/C13H14O2/c1-3-10-11(12(10)13(14)15-2)9-7-5-4-6-8-9/h3-8,10-12H,1H2,2H3. The number of ether oxygens (including phenoxy) is 1. The van der Waals surface area contributed by atoms with Crippen LogP contribution in [-0.4, -0.2) is 13.1 Å². The fourth-order valence-electron chi connectivity index (χ4n) is 2.17. The molecule has 1 aromatic rings. The highest BCUT2D eigenvalue weighted by Crippen LogP contribution is 2.55. The largest absolute Gasteiger partial charge is 0.469 e. The van der Waals surface area contributed by atoms with Gasteiger partial charge in [-0.1, -0.05) is 36.4 Å². The summed E-state index contributed by atoms with van der Waals surface area (Å²) in [5, 5.41) is 0. The molecule has 2 nitrogen and oxygen atoms in total. The minimum absolute atomic E-state index is 0.0325. The van der Waals surface area contributed by atoms with E-state index in [1.807, 2.05) is 36.4 Å². The van der Waals surface area contributed by atoms with Crippen LogP contribution in [0.4, 0.5) is 0 Å². The maximum Gasteiger partial charge on any atom is 0.309 e. The summed E-state index contributed by atoms with van der Waals surface area (Å²) in [6.45, 7) is 3.76. The van der Waals surface area contributed by atoms with Crippen molar-refractivity contribution in [3.8, 4) is 0 Å². The van der Waals surface area contributed by atoms with E-state index in [0.29, 0.717) is 0 Å². The molecule has 2 heteroatoms. The van der Waals surface area contributed by atoms with E-state index in [9.17, 15) is 4.79 Å². The third kappa shape index (κ3) is 1.67. The van der Waals surface area contributed by atoms with Crippen LogP contribution in [0.2, 0.25) is 0 Å². The average Bonchev–Trinajstić information content (AvgIpc) is 3.03. The smallest absolute Gasteiger partial charge is 0.309 e. The normalized spacial score (nSPS) is 28.2. The number of carbonyl (C=O) groups is 1. The molecule has 2 rings (SSSR count). The van der Waals surface area contributed by atoms with Gasteiger partial charge in [-0.25, -0.2) is 0 Å². The van der Waals surface area contributed by atoms with E-state index >= 15 is 0 Å². The lowest BCUT2D eigenvalue weighted by Crippen LogP contribution is -2.04. The van der Waals surface area contributed by atoms with Crippen molar-refractivity contribution < 1.29 is 9.53 Å². The van der Waals surface area contributed by atoms with Crippen LogP contribution in [0.15, 0.2) is 43.0 Å². The molecule has 0 amide bonds. The molecular weight excluding hydrogens is 188 g/mol. The van der Waals surface area contributed by atoms with Gasteiger partial charge in [0.15, 0.2) is 0 Å². The highest BCUT2D eigenvalue weighted by molar-refractivity contribution is 5.78. The number of allylic oxidation sites excluding steroid dienone is 1. The Labute approximate surface area is 89.6 Å². The van der Waals surface area contributed by atoms with Gasteiger partial charge in [-0.15, -0.1) is 6.58 Å². The minimum atomic E-state index is -0.131. The fraction of sp³-hybridized carbons (Fsp3) is 0.308. The van der Waals surface area contributed by atoms with Gasteiger partial charge >= 0.3 is 5.97 Å². The molecule has 0 heterocycles. The highest BCUT2D eigenvalue weighted by atomic mass is 16.5. The molecule has 0 bridgehead atoms. The van der Waals surface area contributed by atoms with E-state index in [2.05, 4.69) is 6.58 Å². The zero-order valence-electron chi connectivity index (χ0n) is 8.72. The number of hydrogen-bond acceptors (Lipinski definition) is 2. The second-order valence-corrected chi connectivity index (χ2v) is 3.80. The SMILES string of the molecule is C=CC1C(C(=O)OC)C1c1ccccc1. The Bertz CT molecular complexity index is 369. The Morgan fingerprint density at radius 1 is 1.40 bits per heavy atom. The van der Waals surface area contributed by atoms with E-state index in [0.717, 1.165) is 0 Å². The maximum absolute atomic E-state index is 11.5. The van der Waals surface area contributed by atoms with Crippen LogP contribution in [0, 0.1) is 11.8 Å². The minimum Gasteiger partial charge on any atom is -0.469 e. The van der Waals surface area contributed by atoms with Gasteiger partial charge in [-0.3, -0.25) is 4.79 Å². The number of hydrogen-bond donors (Lipinski definition) is 0. The lowest BCUT2D eigenvalue weighted by molar-refractivity contribution is -0.142. The first-order valence-corrected chi connectivity index (χ1v) is 5.05. The molecule has 0 aromatic heterocycles. The number of carbonyl (C=O) groups excluding carboxylic acids is 1. The molecular formula is C13H14O2. The molecule has 1 aliphatic rings. The molecule has 0 saturated heterocycles. The number of esters is 1. The molecule has 0 aliphatic heterocycles. The Morgan fingerprint density at radius 3 is 2.60 bits per heavy atom. The van der Waals surface area contributed by atoms with Gasteiger partial charge in [0.25, 0.3) is 0 Å². The van der Waals surface area contributed by atoms with Gasteiger partial charge in [-0.2, -0.15) is 0 Å². The van der Waals surface area contributed by atoms with E-state index in [1.165, 1.54) is 12.7 Å². The van der Waals surface area contributed by atoms with Crippen molar-refractivity contribution in [3.05, 3.63) is 48.6 Å². The van der Waals surface area contributed by atoms with Gasteiger partial charge in [0.05, 0.1) is 13.0 Å². The predicted octanol–water partition coefficient (Wildman–Crippen LogP) is 2.38. The van der Waals surface area contributed by atoms with E-state index in [4.69, 9.17) is 4.74 Å². The van der Waals surface area contributed by atoms with Gasteiger partial charge < -0.3 is 4.74 Å².